The molecule has 1 unspecified atom stereocenters. The van der Waals surface area contributed by atoms with E-state index in [1.165, 1.54) is 12.3 Å². The van der Waals surface area contributed by atoms with E-state index in [4.69, 9.17) is 10.3 Å². The highest BCUT2D eigenvalue weighted by atomic mass is 19.4. The van der Waals surface area contributed by atoms with Gasteiger partial charge in [0.2, 0.25) is 0 Å². The van der Waals surface area contributed by atoms with Gasteiger partial charge in [0.05, 0.1) is 11.8 Å². The molecule has 0 saturated heterocycles. The third kappa shape index (κ3) is 2.55. The van der Waals surface area contributed by atoms with Crippen LogP contribution < -0.4 is 11.3 Å². The third-order valence-corrected chi connectivity index (χ3v) is 2.54. The average molecular weight is 256 g/mol. The van der Waals surface area contributed by atoms with Crippen LogP contribution in [0.1, 0.15) is 22.9 Å². The van der Waals surface area contributed by atoms with Gasteiger partial charge >= 0.3 is 6.18 Å². The maximum absolute atomic E-state index is 12.6. The third-order valence-electron chi connectivity index (χ3n) is 2.54. The molecule has 1 heterocycles. The summed E-state index contributed by atoms with van der Waals surface area (Å²) in [4.78, 5) is 0. The lowest BCUT2D eigenvalue weighted by atomic mass is 10.0. The van der Waals surface area contributed by atoms with Crippen LogP contribution in [0.5, 0.6) is 0 Å². The highest BCUT2D eigenvalue weighted by Crippen LogP contribution is 2.31. The van der Waals surface area contributed by atoms with Crippen molar-refractivity contribution in [2.45, 2.75) is 12.2 Å². The molecule has 0 saturated carbocycles. The number of nitrogens with two attached hydrogens (primary N) is 1. The van der Waals surface area contributed by atoms with Crippen LogP contribution in [0.2, 0.25) is 0 Å². The molecule has 6 heteroatoms. The van der Waals surface area contributed by atoms with Crippen molar-refractivity contribution in [3.05, 3.63) is 59.5 Å². The minimum Gasteiger partial charge on any atom is -0.467 e. The number of furan rings is 1. The van der Waals surface area contributed by atoms with Crippen LogP contribution in [0, 0.1) is 0 Å². The van der Waals surface area contributed by atoms with Gasteiger partial charge in [0, 0.05) is 0 Å². The van der Waals surface area contributed by atoms with Crippen LogP contribution in [0.15, 0.2) is 47.1 Å². The van der Waals surface area contributed by atoms with E-state index in [1.54, 1.807) is 18.2 Å². The molecule has 0 bridgehead atoms. The zero-order chi connectivity index (χ0) is 13.2. The van der Waals surface area contributed by atoms with E-state index >= 15 is 0 Å². The van der Waals surface area contributed by atoms with E-state index in [1.807, 2.05) is 0 Å². The molecule has 3 N–H and O–H groups in total. The maximum Gasteiger partial charge on any atom is 0.416 e. The number of rotatable bonds is 3. The van der Waals surface area contributed by atoms with Gasteiger partial charge in [-0.1, -0.05) is 12.1 Å². The second-order valence-electron chi connectivity index (χ2n) is 3.74. The molecule has 1 aromatic carbocycles. The lowest BCUT2D eigenvalue weighted by Gasteiger charge is -2.15. The van der Waals surface area contributed by atoms with Gasteiger partial charge in [-0.05, 0) is 29.8 Å². The quantitative estimate of drug-likeness (QED) is 0.655. The molecule has 2 aromatic rings. The molecule has 1 atom stereocenters. The van der Waals surface area contributed by atoms with E-state index in [-0.39, 0.29) is 0 Å². The monoisotopic (exact) mass is 256 g/mol. The summed E-state index contributed by atoms with van der Waals surface area (Å²) < 4.78 is 43.0. The summed E-state index contributed by atoms with van der Waals surface area (Å²) >= 11 is 0. The standard InChI is InChI=1S/C12H11F3N2O/c13-12(14,15)9-4-1-3-8(7-9)11(17-16)10-5-2-6-18-10/h1-7,11,17H,16H2. The summed E-state index contributed by atoms with van der Waals surface area (Å²) in [5, 5.41) is 0. The SMILES string of the molecule is NNC(c1cccc(C(F)(F)F)c1)c1ccco1. The van der Waals surface area contributed by atoms with Crippen molar-refractivity contribution in [2.24, 2.45) is 5.84 Å². The van der Waals surface area contributed by atoms with Crippen molar-refractivity contribution in [3.8, 4) is 0 Å². The molecular weight excluding hydrogens is 245 g/mol. The first-order valence-corrected chi connectivity index (χ1v) is 5.19. The van der Waals surface area contributed by atoms with Gasteiger partial charge in [-0.25, -0.2) is 5.43 Å². The summed E-state index contributed by atoms with van der Waals surface area (Å²) in [6.45, 7) is 0. The van der Waals surface area contributed by atoms with Crippen LogP contribution in [-0.2, 0) is 6.18 Å². The van der Waals surface area contributed by atoms with Crippen LogP contribution in [-0.4, -0.2) is 0 Å². The highest BCUT2D eigenvalue weighted by molar-refractivity contribution is 5.31. The summed E-state index contributed by atoms with van der Waals surface area (Å²) in [7, 11) is 0. The van der Waals surface area contributed by atoms with Gasteiger partial charge < -0.3 is 4.42 Å². The smallest absolute Gasteiger partial charge is 0.416 e. The topological polar surface area (TPSA) is 51.2 Å². The van der Waals surface area contributed by atoms with Crippen LogP contribution in [0.4, 0.5) is 13.2 Å². The number of halogens is 3. The van der Waals surface area contributed by atoms with Crippen molar-refractivity contribution in [3.63, 3.8) is 0 Å². The van der Waals surface area contributed by atoms with Crippen LogP contribution in [0.25, 0.3) is 0 Å². The van der Waals surface area contributed by atoms with Gasteiger partial charge in [0.25, 0.3) is 0 Å². The normalized spacial score (nSPS) is 13.6. The molecule has 96 valence electrons. The molecular formula is C12H11F3N2O. The molecule has 18 heavy (non-hydrogen) atoms. The Morgan fingerprint density at radius 2 is 1.94 bits per heavy atom. The summed E-state index contributed by atoms with van der Waals surface area (Å²) in [6, 6.07) is 7.64. The number of hydrogen-bond acceptors (Lipinski definition) is 3. The molecule has 3 nitrogen and oxygen atoms in total. The van der Waals surface area contributed by atoms with Crippen LogP contribution in [0.3, 0.4) is 0 Å². The summed E-state index contributed by atoms with van der Waals surface area (Å²) in [5.74, 6) is 5.82. The van der Waals surface area contributed by atoms with Crippen molar-refractivity contribution in [2.75, 3.05) is 0 Å². The van der Waals surface area contributed by atoms with Gasteiger partial charge in [0.1, 0.15) is 11.8 Å². The molecule has 0 radical (unpaired) electrons. The second-order valence-corrected chi connectivity index (χ2v) is 3.74. The Morgan fingerprint density at radius 1 is 1.17 bits per heavy atom. The zero-order valence-electron chi connectivity index (χ0n) is 9.24. The Balaban J connectivity index is 2.38. The lowest BCUT2D eigenvalue weighted by Crippen LogP contribution is -2.28. The predicted molar refractivity (Wildman–Crippen MR) is 59.3 cm³/mol. The minimum atomic E-state index is -4.38. The minimum absolute atomic E-state index is 0.391. The van der Waals surface area contributed by atoms with E-state index in [0.29, 0.717) is 11.3 Å². The van der Waals surface area contributed by atoms with Gasteiger partial charge in [0.15, 0.2) is 0 Å². The second kappa shape index (κ2) is 4.83. The van der Waals surface area contributed by atoms with E-state index in [9.17, 15) is 13.2 Å². The van der Waals surface area contributed by atoms with Gasteiger partial charge in [-0.15, -0.1) is 0 Å². The molecule has 2 rings (SSSR count). The first kappa shape index (κ1) is 12.7. The van der Waals surface area contributed by atoms with Crippen molar-refractivity contribution in [1.82, 2.24) is 5.43 Å². The molecule has 0 spiro atoms. The molecule has 0 aliphatic heterocycles. The Bertz CT molecular complexity index is 508. The zero-order valence-corrected chi connectivity index (χ0v) is 9.24. The van der Waals surface area contributed by atoms with Gasteiger partial charge in [-0.2, -0.15) is 13.2 Å². The average Bonchev–Trinajstić information content (AvgIpc) is 2.83. The summed E-state index contributed by atoms with van der Waals surface area (Å²) in [6.07, 6.45) is -2.94. The van der Waals surface area contributed by atoms with Crippen molar-refractivity contribution >= 4 is 0 Å². The Labute approximate surface area is 101 Å². The van der Waals surface area contributed by atoms with Gasteiger partial charge in [-0.3, -0.25) is 5.84 Å². The number of benzene rings is 1. The lowest BCUT2D eigenvalue weighted by molar-refractivity contribution is -0.137. The fourth-order valence-electron chi connectivity index (χ4n) is 1.69. The first-order valence-electron chi connectivity index (χ1n) is 5.19. The van der Waals surface area contributed by atoms with E-state index in [0.717, 1.165) is 12.1 Å². The Hall–Kier alpha value is -1.79. The number of nitrogens with one attached hydrogen (secondary N) is 1. The molecule has 0 amide bonds. The molecule has 1 aromatic heterocycles. The molecule has 0 aliphatic rings. The summed E-state index contributed by atoms with van der Waals surface area (Å²) in [5.41, 5.74) is 2.11. The van der Waals surface area contributed by atoms with Crippen molar-refractivity contribution < 1.29 is 17.6 Å². The predicted octanol–water partition coefficient (Wildman–Crippen LogP) is 2.85. The fraction of sp³-hybridized carbons (Fsp3) is 0.167. The number of hydrazine groups is 1. The largest absolute Gasteiger partial charge is 0.467 e. The maximum atomic E-state index is 12.6. The van der Waals surface area contributed by atoms with E-state index in [2.05, 4.69) is 5.43 Å². The van der Waals surface area contributed by atoms with E-state index < -0.39 is 17.8 Å². The Morgan fingerprint density at radius 3 is 2.50 bits per heavy atom. The fourth-order valence-corrected chi connectivity index (χ4v) is 1.69. The molecule has 0 aliphatic carbocycles. The molecule has 0 fully saturated rings. The number of hydrogen-bond donors (Lipinski definition) is 2. The van der Waals surface area contributed by atoms with Crippen LogP contribution >= 0.6 is 0 Å². The first-order chi connectivity index (χ1) is 8.52. The van der Waals surface area contributed by atoms with Crippen molar-refractivity contribution in [1.29, 1.82) is 0 Å². The number of alkyl halides is 3. The highest BCUT2D eigenvalue weighted by Gasteiger charge is 2.31. The Kier molecular flexibility index (Phi) is 3.40.